The normalized spacial score (nSPS) is 14.8. The standard InChI is InChI=1S/C60H105N2O6P/c1-6-8-10-12-14-16-18-20-22-24-26-27-28-29-30-31-32-33-34-35-36-38-40-42-44-46-48-50-52-54-60(64)61-58(57-68-69(65,66)67-56-55-62(3,4)5)59(63)53-51-49-47-45-43-41-39-37-25-23-21-19-17-15-13-11-9-7-2/h8,10,14,16,20,22,26-27,29-30,32-33,35-36,40,42,51,53,58-59,63H,6-7,9,11-13,15,17-19,21,23-25,28,31,34,37-39,41,43-50,52,54-57H2,1-5H3,(H-,61,64,65,66)/b10-8-,16-14-,22-20-,27-26-,30-29-,33-32-,36-35-,42-40-,53-51+. The van der Waals surface area contributed by atoms with Crippen LogP contribution in [0, 0.1) is 0 Å². The summed E-state index contributed by atoms with van der Waals surface area (Å²) < 4.78 is 23.3. The van der Waals surface area contributed by atoms with Crippen LogP contribution in [0.15, 0.2) is 109 Å². The van der Waals surface area contributed by atoms with Crippen molar-refractivity contribution in [2.45, 2.75) is 225 Å². The van der Waals surface area contributed by atoms with Crippen molar-refractivity contribution in [2.24, 2.45) is 0 Å². The van der Waals surface area contributed by atoms with Crippen molar-refractivity contribution in [1.29, 1.82) is 0 Å². The topological polar surface area (TPSA) is 108 Å². The number of allylic oxidation sites excluding steroid dienone is 17. The number of phosphoric ester groups is 1. The van der Waals surface area contributed by atoms with Crippen LogP contribution in [0.5, 0.6) is 0 Å². The number of quaternary nitrogens is 1. The maximum absolute atomic E-state index is 12.9. The number of carbonyl (C=O) groups is 1. The van der Waals surface area contributed by atoms with Gasteiger partial charge in [-0.1, -0.05) is 232 Å². The van der Waals surface area contributed by atoms with Gasteiger partial charge in [0.15, 0.2) is 0 Å². The van der Waals surface area contributed by atoms with Crippen molar-refractivity contribution in [3.63, 3.8) is 0 Å². The zero-order valence-corrected chi connectivity index (χ0v) is 45.9. The maximum Gasteiger partial charge on any atom is 0.268 e. The lowest BCUT2D eigenvalue weighted by atomic mass is 10.0. The SMILES string of the molecule is CC/C=C\C/C=C\C/C=C\C/C=C\C/C=C\C/C=C\C/C=C\C/C=C\CCCCCCC(=O)NC(COP(=O)([O-])OCC[N+](C)(C)C)C(O)/C=C/CCCCCCCCCCCCCCCCCC. The molecule has 3 atom stereocenters. The maximum atomic E-state index is 12.9. The molecular formula is C60H105N2O6P. The van der Waals surface area contributed by atoms with E-state index < -0.39 is 26.6 Å². The fourth-order valence-corrected chi connectivity index (χ4v) is 8.13. The number of hydrogen-bond acceptors (Lipinski definition) is 6. The molecule has 0 aliphatic heterocycles. The molecule has 0 spiro atoms. The zero-order valence-electron chi connectivity index (χ0n) is 45.0. The Hall–Kier alpha value is -2.84. The highest BCUT2D eigenvalue weighted by Crippen LogP contribution is 2.38. The van der Waals surface area contributed by atoms with Gasteiger partial charge >= 0.3 is 0 Å². The van der Waals surface area contributed by atoms with Gasteiger partial charge in [-0.15, -0.1) is 0 Å². The van der Waals surface area contributed by atoms with Crippen molar-refractivity contribution in [3.05, 3.63) is 109 Å². The average molecular weight is 981 g/mol. The number of likely N-dealkylation sites (N-methyl/N-ethyl adjacent to an activating group) is 1. The number of aliphatic hydroxyl groups excluding tert-OH is 1. The van der Waals surface area contributed by atoms with Crippen LogP contribution >= 0.6 is 7.82 Å². The molecule has 0 aliphatic carbocycles. The van der Waals surface area contributed by atoms with Crippen molar-refractivity contribution in [3.8, 4) is 0 Å². The third kappa shape index (κ3) is 52.8. The van der Waals surface area contributed by atoms with Crippen LogP contribution in [0.2, 0.25) is 0 Å². The number of unbranched alkanes of at least 4 members (excludes halogenated alkanes) is 20. The van der Waals surface area contributed by atoms with Crippen molar-refractivity contribution >= 4 is 13.7 Å². The van der Waals surface area contributed by atoms with Crippen LogP contribution in [0.1, 0.15) is 213 Å². The molecule has 0 saturated carbocycles. The lowest BCUT2D eigenvalue weighted by Crippen LogP contribution is -2.45. The Morgan fingerprint density at radius 2 is 0.884 bits per heavy atom. The molecule has 0 bridgehead atoms. The molecule has 0 radical (unpaired) electrons. The smallest absolute Gasteiger partial charge is 0.268 e. The summed E-state index contributed by atoms with van der Waals surface area (Å²) in [6, 6.07) is -0.909. The second-order valence-electron chi connectivity index (χ2n) is 19.6. The van der Waals surface area contributed by atoms with E-state index in [0.29, 0.717) is 17.4 Å². The Kier molecular flexibility index (Phi) is 48.1. The molecule has 0 aliphatic rings. The van der Waals surface area contributed by atoms with Gasteiger partial charge in [-0.05, 0) is 83.5 Å². The Morgan fingerprint density at radius 1 is 0.522 bits per heavy atom. The summed E-state index contributed by atoms with van der Waals surface area (Å²) in [5, 5.41) is 13.9. The molecule has 69 heavy (non-hydrogen) atoms. The van der Waals surface area contributed by atoms with E-state index >= 15 is 0 Å². The fourth-order valence-electron chi connectivity index (χ4n) is 7.40. The van der Waals surface area contributed by atoms with Gasteiger partial charge in [0.2, 0.25) is 5.91 Å². The molecule has 0 aromatic rings. The number of aliphatic hydroxyl groups is 1. The molecule has 396 valence electrons. The van der Waals surface area contributed by atoms with Crippen LogP contribution in [0.4, 0.5) is 0 Å². The van der Waals surface area contributed by atoms with Crippen molar-refractivity contribution in [1.82, 2.24) is 5.32 Å². The summed E-state index contributed by atoms with van der Waals surface area (Å²) in [5.74, 6) is -0.226. The van der Waals surface area contributed by atoms with Crippen molar-refractivity contribution in [2.75, 3.05) is 40.9 Å². The summed E-state index contributed by atoms with van der Waals surface area (Å²) in [5.41, 5.74) is 0. The summed E-state index contributed by atoms with van der Waals surface area (Å²) in [4.78, 5) is 25.5. The summed E-state index contributed by atoms with van der Waals surface area (Å²) in [7, 11) is 1.23. The minimum absolute atomic E-state index is 0.0123. The molecule has 0 heterocycles. The number of rotatable bonds is 49. The molecule has 0 saturated heterocycles. The van der Waals surface area contributed by atoms with E-state index in [1.807, 2.05) is 27.2 Å². The molecule has 9 heteroatoms. The van der Waals surface area contributed by atoms with Gasteiger partial charge < -0.3 is 28.8 Å². The van der Waals surface area contributed by atoms with E-state index in [-0.39, 0.29) is 12.5 Å². The van der Waals surface area contributed by atoms with Gasteiger partial charge in [0.25, 0.3) is 7.82 Å². The van der Waals surface area contributed by atoms with Crippen LogP contribution in [0.3, 0.4) is 0 Å². The Balaban J connectivity index is 4.35. The van der Waals surface area contributed by atoms with Gasteiger partial charge in [0, 0.05) is 6.42 Å². The first-order chi connectivity index (χ1) is 33.5. The predicted octanol–water partition coefficient (Wildman–Crippen LogP) is 16.2. The summed E-state index contributed by atoms with van der Waals surface area (Å²) >= 11 is 0. The second kappa shape index (κ2) is 50.1. The first-order valence-corrected chi connectivity index (χ1v) is 29.2. The largest absolute Gasteiger partial charge is 0.756 e. The minimum Gasteiger partial charge on any atom is -0.756 e. The Labute approximate surface area is 425 Å². The quantitative estimate of drug-likeness (QED) is 0.0272. The molecule has 2 N–H and O–H groups in total. The van der Waals surface area contributed by atoms with Gasteiger partial charge in [-0.25, -0.2) is 0 Å². The van der Waals surface area contributed by atoms with Crippen LogP contribution in [-0.4, -0.2) is 68.5 Å². The molecule has 0 fully saturated rings. The lowest BCUT2D eigenvalue weighted by molar-refractivity contribution is -0.870. The molecular weight excluding hydrogens is 876 g/mol. The fraction of sp³-hybridized carbons (Fsp3) is 0.683. The van der Waals surface area contributed by atoms with Gasteiger partial charge in [-0.3, -0.25) is 9.36 Å². The number of hydrogen-bond donors (Lipinski definition) is 2. The summed E-state index contributed by atoms with van der Waals surface area (Å²) in [6.45, 7) is 4.51. The molecule has 0 aromatic carbocycles. The highest BCUT2D eigenvalue weighted by atomic mass is 31.2. The van der Waals surface area contributed by atoms with Gasteiger partial charge in [-0.2, -0.15) is 0 Å². The molecule has 0 rings (SSSR count). The first kappa shape index (κ1) is 66.2. The minimum atomic E-state index is -4.61. The first-order valence-electron chi connectivity index (χ1n) is 27.7. The van der Waals surface area contributed by atoms with Crippen LogP contribution in [0.25, 0.3) is 0 Å². The Bertz CT molecular complexity index is 1490. The van der Waals surface area contributed by atoms with Gasteiger partial charge in [0.05, 0.1) is 39.9 Å². The summed E-state index contributed by atoms with van der Waals surface area (Å²) in [6.07, 6.45) is 72.9. The third-order valence-electron chi connectivity index (χ3n) is 11.7. The number of nitrogens with zero attached hydrogens (tertiary/aromatic N) is 1. The van der Waals surface area contributed by atoms with E-state index in [1.54, 1.807) is 6.08 Å². The zero-order chi connectivity index (χ0) is 50.6. The van der Waals surface area contributed by atoms with Crippen LogP contribution < -0.4 is 10.2 Å². The van der Waals surface area contributed by atoms with E-state index in [1.165, 1.54) is 89.9 Å². The van der Waals surface area contributed by atoms with E-state index in [4.69, 9.17) is 9.05 Å². The van der Waals surface area contributed by atoms with E-state index in [2.05, 4.69) is 116 Å². The number of carbonyl (C=O) groups excluding carboxylic acids is 1. The molecule has 8 nitrogen and oxygen atoms in total. The second-order valence-corrected chi connectivity index (χ2v) is 21.0. The molecule has 0 aromatic heterocycles. The highest BCUT2D eigenvalue weighted by molar-refractivity contribution is 7.45. The predicted molar refractivity (Wildman–Crippen MR) is 297 cm³/mol. The van der Waals surface area contributed by atoms with Gasteiger partial charge in [0.1, 0.15) is 13.2 Å². The van der Waals surface area contributed by atoms with Crippen LogP contribution in [-0.2, 0) is 18.4 Å². The average Bonchev–Trinajstić information content (AvgIpc) is 3.31. The molecule has 1 amide bonds. The lowest BCUT2D eigenvalue weighted by Gasteiger charge is -2.29. The Morgan fingerprint density at radius 3 is 1.29 bits per heavy atom. The third-order valence-corrected chi connectivity index (χ3v) is 12.7. The van der Waals surface area contributed by atoms with E-state index in [0.717, 1.165) is 103 Å². The van der Waals surface area contributed by atoms with E-state index in [9.17, 15) is 19.4 Å². The number of nitrogens with one attached hydrogen (secondary N) is 1. The molecule has 3 unspecified atom stereocenters. The number of amides is 1. The van der Waals surface area contributed by atoms with Crippen molar-refractivity contribution < 1.29 is 32.9 Å². The monoisotopic (exact) mass is 981 g/mol. The number of phosphoric acid groups is 1. The highest BCUT2D eigenvalue weighted by Gasteiger charge is 2.23.